The first-order valence-electron chi connectivity index (χ1n) is 12.6. The topological polar surface area (TPSA) is 97.3 Å². The number of hydrogen-bond donors (Lipinski definition) is 0. The molecule has 1 aliphatic heterocycles. The second kappa shape index (κ2) is 11.5. The highest BCUT2D eigenvalue weighted by molar-refractivity contribution is 9.10. The zero-order valence-electron chi connectivity index (χ0n) is 21.6. The zero-order chi connectivity index (χ0) is 28.4. The van der Waals surface area contributed by atoms with E-state index in [1.165, 1.54) is 4.57 Å². The van der Waals surface area contributed by atoms with Crippen LogP contribution in [0.15, 0.2) is 76.0 Å². The molecular formula is C30H24BrClN4O4. The molecule has 1 amide bonds. The summed E-state index contributed by atoms with van der Waals surface area (Å²) in [6.07, 6.45) is 0.521. The van der Waals surface area contributed by atoms with E-state index in [4.69, 9.17) is 16.3 Å². The highest BCUT2D eigenvalue weighted by Crippen LogP contribution is 2.27. The van der Waals surface area contributed by atoms with Crippen molar-refractivity contribution < 1.29 is 14.3 Å². The lowest BCUT2D eigenvalue weighted by molar-refractivity contribution is 0.0707. The molecule has 202 valence electrons. The predicted octanol–water partition coefficient (Wildman–Crippen LogP) is 5.41. The summed E-state index contributed by atoms with van der Waals surface area (Å²) in [6, 6.07) is 21.1. The standard InChI is InChI=1S/C30H24BrClN4O4/c1-40-23-9-7-22(8-10-23)36-28(27(37)12-5-19-3-2-4-20(15-19)17-33)26-18-34(13-14-35(26)30(36)39)29(38)21-6-11-24(31)25(32)16-21/h2-4,6-11,15-16H,5,12-14,18H2,1H3. The number of aromatic nitrogens is 2. The summed E-state index contributed by atoms with van der Waals surface area (Å²) >= 11 is 9.57. The van der Waals surface area contributed by atoms with E-state index in [2.05, 4.69) is 22.0 Å². The molecule has 3 aromatic carbocycles. The van der Waals surface area contributed by atoms with E-state index in [1.54, 1.807) is 77.2 Å². The molecule has 10 heteroatoms. The fourth-order valence-electron chi connectivity index (χ4n) is 4.87. The Morgan fingerprint density at radius 3 is 2.55 bits per heavy atom. The van der Waals surface area contributed by atoms with E-state index in [1.807, 2.05) is 6.07 Å². The van der Waals surface area contributed by atoms with Gasteiger partial charge in [-0.05, 0) is 82.5 Å². The number of carbonyl (C=O) groups is 2. The number of fused-ring (bicyclic) bond motifs is 1. The molecule has 0 bridgehead atoms. The number of methoxy groups -OCH3 is 1. The molecule has 0 atom stereocenters. The molecule has 0 aliphatic carbocycles. The maximum absolute atomic E-state index is 13.8. The van der Waals surface area contributed by atoms with Gasteiger partial charge in [-0.1, -0.05) is 23.7 Å². The molecule has 0 saturated heterocycles. The molecule has 0 saturated carbocycles. The van der Waals surface area contributed by atoms with Gasteiger partial charge in [0.15, 0.2) is 5.78 Å². The normalized spacial score (nSPS) is 12.5. The van der Waals surface area contributed by atoms with Crippen LogP contribution >= 0.6 is 27.5 Å². The number of nitriles is 1. The monoisotopic (exact) mass is 618 g/mol. The Balaban J connectivity index is 1.53. The number of hydrogen-bond acceptors (Lipinski definition) is 5. The molecule has 4 aromatic rings. The van der Waals surface area contributed by atoms with Gasteiger partial charge in [0.25, 0.3) is 5.91 Å². The van der Waals surface area contributed by atoms with Crippen LogP contribution in [0.1, 0.15) is 44.1 Å². The Bertz CT molecular complexity index is 1720. The van der Waals surface area contributed by atoms with Crippen molar-refractivity contribution in [3.63, 3.8) is 0 Å². The van der Waals surface area contributed by atoms with Gasteiger partial charge in [0.1, 0.15) is 11.4 Å². The van der Waals surface area contributed by atoms with E-state index in [-0.39, 0.29) is 42.6 Å². The van der Waals surface area contributed by atoms with Crippen LogP contribution in [-0.4, -0.2) is 39.4 Å². The van der Waals surface area contributed by atoms with E-state index in [0.29, 0.717) is 50.7 Å². The van der Waals surface area contributed by atoms with Gasteiger partial charge in [0.05, 0.1) is 41.7 Å². The lowest BCUT2D eigenvalue weighted by atomic mass is 10.0. The average molecular weight is 620 g/mol. The molecule has 8 nitrogen and oxygen atoms in total. The van der Waals surface area contributed by atoms with Crippen LogP contribution < -0.4 is 10.4 Å². The SMILES string of the molecule is COc1ccc(-n2c(C(=O)CCc3cccc(C#N)c3)c3n(c2=O)CCN(C(=O)c2ccc(Br)c(Cl)c2)C3)cc1. The van der Waals surface area contributed by atoms with Gasteiger partial charge >= 0.3 is 5.69 Å². The van der Waals surface area contributed by atoms with Crippen molar-refractivity contribution in [2.45, 2.75) is 25.9 Å². The highest BCUT2D eigenvalue weighted by atomic mass is 79.9. The number of Topliss-reactive ketones (excluding diaryl/α,β-unsaturated/α-hetero) is 1. The lowest BCUT2D eigenvalue weighted by Crippen LogP contribution is -2.41. The first-order valence-corrected chi connectivity index (χ1v) is 13.7. The van der Waals surface area contributed by atoms with Crippen LogP contribution in [0.2, 0.25) is 5.02 Å². The number of ketones is 1. The largest absolute Gasteiger partial charge is 0.497 e. The minimum Gasteiger partial charge on any atom is -0.497 e. The number of rotatable bonds is 7. The number of aryl methyl sites for hydroxylation is 1. The summed E-state index contributed by atoms with van der Waals surface area (Å²) in [5.74, 6) is 0.151. The summed E-state index contributed by atoms with van der Waals surface area (Å²) < 4.78 is 8.94. The molecule has 1 aromatic heterocycles. The molecule has 0 N–H and O–H groups in total. The van der Waals surface area contributed by atoms with Crippen molar-refractivity contribution in [3.05, 3.63) is 115 Å². The third kappa shape index (κ3) is 5.33. The smallest absolute Gasteiger partial charge is 0.333 e. The summed E-state index contributed by atoms with van der Waals surface area (Å²) in [5.41, 5.74) is 2.71. The zero-order valence-corrected chi connectivity index (χ0v) is 23.9. The minimum absolute atomic E-state index is 0.0932. The van der Waals surface area contributed by atoms with Crippen molar-refractivity contribution in [1.29, 1.82) is 5.26 Å². The summed E-state index contributed by atoms with van der Waals surface area (Å²) in [7, 11) is 1.55. The second-order valence-electron chi connectivity index (χ2n) is 9.35. The quantitative estimate of drug-likeness (QED) is 0.258. The molecule has 1 aliphatic rings. The fraction of sp³-hybridized carbons (Fsp3) is 0.200. The molecular weight excluding hydrogens is 596 g/mol. The van der Waals surface area contributed by atoms with Crippen LogP contribution in [0.5, 0.6) is 5.75 Å². The number of ether oxygens (including phenoxy) is 1. The Labute approximate surface area is 244 Å². The van der Waals surface area contributed by atoms with Crippen LogP contribution in [0.4, 0.5) is 0 Å². The Morgan fingerprint density at radius 1 is 1.07 bits per heavy atom. The Kier molecular flexibility index (Phi) is 7.92. The molecule has 0 unspecified atom stereocenters. The fourth-order valence-corrected chi connectivity index (χ4v) is 5.30. The van der Waals surface area contributed by atoms with Gasteiger partial charge in [-0.25, -0.2) is 4.79 Å². The first-order chi connectivity index (χ1) is 19.3. The number of nitrogens with zero attached hydrogens (tertiary/aromatic N) is 4. The molecule has 0 radical (unpaired) electrons. The third-order valence-corrected chi connectivity index (χ3v) is 8.16. The number of benzene rings is 3. The van der Waals surface area contributed by atoms with Gasteiger partial charge in [-0.15, -0.1) is 0 Å². The van der Waals surface area contributed by atoms with Crippen molar-refractivity contribution >= 4 is 39.2 Å². The van der Waals surface area contributed by atoms with Gasteiger partial charge in [0, 0.05) is 29.5 Å². The number of amides is 1. The van der Waals surface area contributed by atoms with Crippen LogP contribution in [0, 0.1) is 11.3 Å². The highest BCUT2D eigenvalue weighted by Gasteiger charge is 2.32. The maximum atomic E-state index is 13.8. The molecule has 40 heavy (non-hydrogen) atoms. The average Bonchev–Trinajstić information content (AvgIpc) is 3.28. The summed E-state index contributed by atoms with van der Waals surface area (Å²) in [6.45, 7) is 0.647. The molecule has 0 fully saturated rings. The molecule has 5 rings (SSSR count). The van der Waals surface area contributed by atoms with Crippen molar-refractivity contribution in [2.24, 2.45) is 0 Å². The number of imidazole rings is 1. The summed E-state index contributed by atoms with van der Waals surface area (Å²) in [5, 5.41) is 9.64. The van der Waals surface area contributed by atoms with Crippen molar-refractivity contribution in [1.82, 2.24) is 14.0 Å². The van der Waals surface area contributed by atoms with Gasteiger partial charge in [-0.3, -0.25) is 18.7 Å². The van der Waals surface area contributed by atoms with E-state index >= 15 is 0 Å². The maximum Gasteiger partial charge on any atom is 0.333 e. The van der Waals surface area contributed by atoms with Gasteiger partial charge in [-0.2, -0.15) is 5.26 Å². The van der Waals surface area contributed by atoms with Crippen molar-refractivity contribution in [2.75, 3.05) is 13.7 Å². The van der Waals surface area contributed by atoms with Crippen molar-refractivity contribution in [3.8, 4) is 17.5 Å². The Hall–Kier alpha value is -4.13. The van der Waals surface area contributed by atoms with Crippen LogP contribution in [0.3, 0.4) is 0 Å². The number of carbonyl (C=O) groups excluding carboxylic acids is 2. The molecule has 2 heterocycles. The third-order valence-electron chi connectivity index (χ3n) is 6.92. The van der Waals surface area contributed by atoms with Crippen LogP contribution in [0.25, 0.3) is 5.69 Å². The minimum atomic E-state index is -0.339. The van der Waals surface area contributed by atoms with E-state index in [0.717, 1.165) is 5.56 Å². The predicted molar refractivity (Wildman–Crippen MR) is 154 cm³/mol. The van der Waals surface area contributed by atoms with Gasteiger partial charge < -0.3 is 9.64 Å². The van der Waals surface area contributed by atoms with E-state index < -0.39 is 0 Å². The van der Waals surface area contributed by atoms with E-state index in [9.17, 15) is 19.6 Å². The lowest BCUT2D eigenvalue weighted by Gasteiger charge is -2.28. The second-order valence-corrected chi connectivity index (χ2v) is 10.6. The Morgan fingerprint density at radius 2 is 1.85 bits per heavy atom. The first kappa shape index (κ1) is 27.4. The van der Waals surface area contributed by atoms with Gasteiger partial charge in [0.2, 0.25) is 0 Å². The number of halogens is 2. The summed E-state index contributed by atoms with van der Waals surface area (Å²) in [4.78, 5) is 42.5. The molecule has 0 spiro atoms. The van der Waals surface area contributed by atoms with Crippen LogP contribution in [-0.2, 0) is 19.5 Å².